The molecule has 2 unspecified atom stereocenters. The number of carbonyl (C=O) groups excluding carboxylic acids is 1. The van der Waals surface area contributed by atoms with Gasteiger partial charge in [0.2, 0.25) is 0 Å². The minimum atomic E-state index is -0.351. The van der Waals surface area contributed by atoms with Gasteiger partial charge >= 0.3 is 0 Å². The quantitative estimate of drug-likeness (QED) is 0.784. The average Bonchev–Trinajstić information content (AvgIpc) is 2.83. The van der Waals surface area contributed by atoms with Crippen LogP contribution in [0.15, 0.2) is 4.99 Å². The van der Waals surface area contributed by atoms with Crippen LogP contribution in [0.2, 0.25) is 0 Å². The second-order valence-corrected chi connectivity index (χ2v) is 5.76. The zero-order chi connectivity index (χ0) is 12.5. The first kappa shape index (κ1) is 12.4. The van der Waals surface area contributed by atoms with Gasteiger partial charge in [0.05, 0.1) is 0 Å². The Morgan fingerprint density at radius 3 is 2.88 bits per heavy atom. The molecule has 0 aromatic heterocycles. The van der Waals surface area contributed by atoms with Crippen molar-refractivity contribution < 1.29 is 4.79 Å². The summed E-state index contributed by atoms with van der Waals surface area (Å²) in [6.07, 6.45) is 4.21. The smallest absolute Gasteiger partial charge is 0.252 e. The number of nitrogens with zero attached hydrogens (tertiary/aromatic N) is 1. The van der Waals surface area contributed by atoms with Gasteiger partial charge in [0.15, 0.2) is 5.96 Å². The van der Waals surface area contributed by atoms with Crippen LogP contribution >= 0.6 is 0 Å². The van der Waals surface area contributed by atoms with Gasteiger partial charge in [-0.1, -0.05) is 27.2 Å². The maximum Gasteiger partial charge on any atom is 0.252 e. The van der Waals surface area contributed by atoms with Gasteiger partial charge in [0.25, 0.3) is 5.91 Å². The molecule has 0 radical (unpaired) electrons. The molecular formula is C13H23N3O. The Labute approximate surface area is 103 Å². The van der Waals surface area contributed by atoms with Crippen LogP contribution in [0.1, 0.15) is 46.5 Å². The third kappa shape index (κ3) is 2.45. The Morgan fingerprint density at radius 1 is 1.53 bits per heavy atom. The van der Waals surface area contributed by atoms with Gasteiger partial charge in [-0.15, -0.1) is 0 Å². The van der Waals surface area contributed by atoms with Crippen LogP contribution in [0.4, 0.5) is 0 Å². The lowest BCUT2D eigenvalue weighted by Crippen LogP contribution is -2.44. The monoisotopic (exact) mass is 237 g/mol. The fraction of sp³-hybridized carbons (Fsp3) is 0.846. The molecule has 2 aliphatic rings. The highest BCUT2D eigenvalue weighted by atomic mass is 16.2. The molecule has 2 fully saturated rings. The van der Waals surface area contributed by atoms with Crippen LogP contribution in [0.3, 0.4) is 0 Å². The molecule has 1 saturated heterocycles. The van der Waals surface area contributed by atoms with Crippen molar-refractivity contribution >= 4 is 11.9 Å². The van der Waals surface area contributed by atoms with E-state index in [1.165, 1.54) is 0 Å². The standard InChI is InChI=1S/C13H23N3O/c1-4-10-5-6-13(7-10)11(17)15-12(16-13)14-8-9(2)3/h9-10H,4-8H2,1-3H3,(H2,14,15,16,17). The normalized spacial score (nSPS) is 34.7. The number of aliphatic imine (C=N–C) groups is 1. The molecule has 1 saturated carbocycles. The zero-order valence-electron chi connectivity index (χ0n) is 11.0. The summed E-state index contributed by atoms with van der Waals surface area (Å²) in [5.41, 5.74) is -0.351. The van der Waals surface area contributed by atoms with Crippen molar-refractivity contribution in [2.75, 3.05) is 6.54 Å². The van der Waals surface area contributed by atoms with E-state index in [1.807, 2.05) is 0 Å². The van der Waals surface area contributed by atoms with E-state index in [4.69, 9.17) is 0 Å². The van der Waals surface area contributed by atoms with Gasteiger partial charge in [-0.05, 0) is 31.1 Å². The zero-order valence-corrected chi connectivity index (χ0v) is 11.0. The Hall–Kier alpha value is -1.06. The average molecular weight is 237 g/mol. The molecule has 2 N–H and O–H groups in total. The van der Waals surface area contributed by atoms with Crippen molar-refractivity contribution in [2.45, 2.75) is 52.0 Å². The largest absolute Gasteiger partial charge is 0.342 e. The van der Waals surface area contributed by atoms with E-state index in [2.05, 4.69) is 36.4 Å². The lowest BCUT2D eigenvalue weighted by atomic mass is 9.95. The van der Waals surface area contributed by atoms with Crippen LogP contribution in [0.5, 0.6) is 0 Å². The SMILES string of the molecule is CCC1CCC2(C1)NC(=NCC(C)C)NC2=O. The van der Waals surface area contributed by atoms with Crippen molar-refractivity contribution in [1.29, 1.82) is 0 Å². The first-order valence-electron chi connectivity index (χ1n) is 6.70. The molecule has 1 spiro atoms. The lowest BCUT2D eigenvalue weighted by molar-refractivity contribution is -0.123. The third-order valence-corrected chi connectivity index (χ3v) is 3.83. The number of guanidine groups is 1. The molecule has 1 aliphatic heterocycles. The summed E-state index contributed by atoms with van der Waals surface area (Å²) in [7, 11) is 0. The molecular weight excluding hydrogens is 214 g/mol. The van der Waals surface area contributed by atoms with E-state index in [9.17, 15) is 4.79 Å². The molecule has 1 amide bonds. The number of amides is 1. The molecule has 1 aliphatic carbocycles. The number of rotatable bonds is 3. The maximum absolute atomic E-state index is 12.1. The van der Waals surface area contributed by atoms with Crippen molar-refractivity contribution in [3.63, 3.8) is 0 Å². The van der Waals surface area contributed by atoms with Crippen LogP contribution < -0.4 is 10.6 Å². The van der Waals surface area contributed by atoms with E-state index in [0.717, 1.165) is 32.2 Å². The van der Waals surface area contributed by atoms with Crippen LogP contribution in [0, 0.1) is 11.8 Å². The van der Waals surface area contributed by atoms with E-state index in [-0.39, 0.29) is 11.4 Å². The predicted molar refractivity (Wildman–Crippen MR) is 68.8 cm³/mol. The summed E-state index contributed by atoms with van der Waals surface area (Å²) in [6.45, 7) is 7.21. The molecule has 0 aromatic carbocycles. The molecule has 0 bridgehead atoms. The van der Waals surface area contributed by atoms with Crippen LogP contribution in [-0.2, 0) is 4.79 Å². The molecule has 2 rings (SSSR count). The Kier molecular flexibility index (Phi) is 3.40. The number of carbonyl (C=O) groups is 1. The van der Waals surface area contributed by atoms with Gasteiger partial charge in [-0.25, -0.2) is 0 Å². The maximum atomic E-state index is 12.1. The second kappa shape index (κ2) is 4.67. The number of hydrogen-bond donors (Lipinski definition) is 2. The number of hydrogen-bond acceptors (Lipinski definition) is 2. The summed E-state index contributed by atoms with van der Waals surface area (Å²) in [5.74, 6) is 2.00. The summed E-state index contributed by atoms with van der Waals surface area (Å²) >= 11 is 0. The second-order valence-electron chi connectivity index (χ2n) is 5.76. The summed E-state index contributed by atoms with van der Waals surface area (Å²) in [4.78, 5) is 16.5. The molecule has 4 nitrogen and oxygen atoms in total. The topological polar surface area (TPSA) is 53.5 Å². The first-order chi connectivity index (χ1) is 8.05. The Bertz CT molecular complexity index is 338. The molecule has 2 atom stereocenters. The minimum Gasteiger partial charge on any atom is -0.342 e. The van der Waals surface area contributed by atoms with Crippen molar-refractivity contribution in [2.24, 2.45) is 16.8 Å². The van der Waals surface area contributed by atoms with Gasteiger partial charge < -0.3 is 5.32 Å². The highest BCUT2D eigenvalue weighted by molar-refractivity contribution is 6.09. The first-order valence-corrected chi connectivity index (χ1v) is 6.70. The van der Waals surface area contributed by atoms with E-state index in [1.54, 1.807) is 0 Å². The molecule has 96 valence electrons. The Balaban J connectivity index is 2.03. The summed E-state index contributed by atoms with van der Waals surface area (Å²) in [5, 5.41) is 6.21. The molecule has 17 heavy (non-hydrogen) atoms. The van der Waals surface area contributed by atoms with Crippen molar-refractivity contribution in [1.82, 2.24) is 10.6 Å². The van der Waals surface area contributed by atoms with Crippen molar-refractivity contribution in [3.05, 3.63) is 0 Å². The van der Waals surface area contributed by atoms with Crippen molar-refractivity contribution in [3.8, 4) is 0 Å². The van der Waals surface area contributed by atoms with Crippen LogP contribution in [-0.4, -0.2) is 24.0 Å². The fourth-order valence-corrected chi connectivity index (χ4v) is 2.71. The fourth-order valence-electron chi connectivity index (χ4n) is 2.71. The minimum absolute atomic E-state index is 0.121. The molecule has 0 aromatic rings. The summed E-state index contributed by atoms with van der Waals surface area (Å²) in [6, 6.07) is 0. The molecule has 4 heteroatoms. The lowest BCUT2D eigenvalue weighted by Gasteiger charge is -2.20. The van der Waals surface area contributed by atoms with E-state index in [0.29, 0.717) is 17.8 Å². The third-order valence-electron chi connectivity index (χ3n) is 3.83. The van der Waals surface area contributed by atoms with Gasteiger partial charge in [0.1, 0.15) is 5.54 Å². The van der Waals surface area contributed by atoms with Gasteiger partial charge in [-0.2, -0.15) is 0 Å². The highest BCUT2D eigenvalue weighted by Crippen LogP contribution is 2.37. The summed E-state index contributed by atoms with van der Waals surface area (Å²) < 4.78 is 0. The number of nitrogens with one attached hydrogen (secondary N) is 2. The Morgan fingerprint density at radius 2 is 2.29 bits per heavy atom. The van der Waals surface area contributed by atoms with E-state index >= 15 is 0 Å². The molecule has 1 heterocycles. The highest BCUT2D eigenvalue weighted by Gasteiger charge is 2.49. The van der Waals surface area contributed by atoms with Crippen LogP contribution in [0.25, 0.3) is 0 Å². The van der Waals surface area contributed by atoms with Gasteiger partial charge in [0, 0.05) is 6.54 Å². The van der Waals surface area contributed by atoms with E-state index < -0.39 is 0 Å². The van der Waals surface area contributed by atoms with Gasteiger partial charge in [-0.3, -0.25) is 15.1 Å². The predicted octanol–water partition coefficient (Wildman–Crippen LogP) is 1.67.